The van der Waals surface area contributed by atoms with E-state index in [1.54, 1.807) is 18.2 Å². The number of hydrogen-bond donors (Lipinski definition) is 1. The van der Waals surface area contributed by atoms with E-state index < -0.39 is 16.4 Å². The number of halogens is 2. The number of nitrogens with one attached hydrogen (secondary N) is 1. The predicted octanol–water partition coefficient (Wildman–Crippen LogP) is 4.05. The first-order chi connectivity index (χ1) is 10.1. The summed E-state index contributed by atoms with van der Waals surface area (Å²) in [6.45, 7) is 5.70. The first-order valence-electron chi connectivity index (χ1n) is 7.14. The van der Waals surface area contributed by atoms with Crippen LogP contribution in [0.1, 0.15) is 33.6 Å². The Morgan fingerprint density at radius 3 is 2.36 bits per heavy atom. The van der Waals surface area contributed by atoms with Crippen molar-refractivity contribution in [3.8, 4) is 0 Å². The quantitative estimate of drug-likeness (QED) is 0.825. The number of benzene rings is 1. The Labute approximate surface area is 139 Å². The molecule has 0 spiro atoms. The van der Waals surface area contributed by atoms with Crippen molar-refractivity contribution in [2.24, 2.45) is 10.8 Å². The molecule has 1 saturated heterocycles. The first-order valence-corrected chi connectivity index (χ1v) is 7.90. The van der Waals surface area contributed by atoms with E-state index in [4.69, 9.17) is 27.9 Å². The van der Waals surface area contributed by atoms with E-state index in [2.05, 4.69) is 5.32 Å². The van der Waals surface area contributed by atoms with Crippen LogP contribution < -0.4 is 5.32 Å². The molecule has 2 atom stereocenters. The normalized spacial score (nSPS) is 32.0. The third kappa shape index (κ3) is 1.77. The summed E-state index contributed by atoms with van der Waals surface area (Å²) >= 11 is 11.8. The van der Waals surface area contributed by atoms with Gasteiger partial charge in [0.25, 0.3) is 5.91 Å². The fourth-order valence-corrected chi connectivity index (χ4v) is 3.85. The minimum atomic E-state index is -1.13. The van der Waals surface area contributed by atoms with Gasteiger partial charge in [0, 0.05) is 11.1 Å². The number of carbonyl (C=O) groups excluding carboxylic acids is 2. The Morgan fingerprint density at radius 1 is 1.18 bits per heavy atom. The van der Waals surface area contributed by atoms with Crippen LogP contribution in [-0.4, -0.2) is 17.5 Å². The molecule has 1 heterocycles. The maximum Gasteiger partial charge on any atom is 0.313 e. The van der Waals surface area contributed by atoms with Gasteiger partial charge in [-0.3, -0.25) is 9.59 Å². The van der Waals surface area contributed by atoms with Crippen LogP contribution in [0.15, 0.2) is 18.2 Å². The molecule has 2 aliphatic rings. The fraction of sp³-hybridized carbons (Fsp3) is 0.500. The number of ether oxygens (including phenoxy) is 1. The average molecular weight is 342 g/mol. The standard InChI is InChI=1S/C16H17Cl2NO3/c1-14(2)15(3)6-7-16(14,22-13(15)21)12(20)19-9-4-5-10(17)11(18)8-9/h4-5,8H,6-7H2,1-3H3,(H,19,20)/t15-,16+/m1/s1. The third-order valence-electron chi connectivity index (χ3n) is 5.63. The fourth-order valence-electron chi connectivity index (χ4n) is 3.55. The lowest BCUT2D eigenvalue weighted by Crippen LogP contribution is -2.50. The van der Waals surface area contributed by atoms with Crippen LogP contribution in [0.25, 0.3) is 0 Å². The summed E-state index contributed by atoms with van der Waals surface area (Å²) in [6.07, 6.45) is 1.17. The second-order valence-corrected chi connectivity index (χ2v) is 7.57. The van der Waals surface area contributed by atoms with Crippen LogP contribution in [0.3, 0.4) is 0 Å². The highest BCUT2D eigenvalue weighted by Gasteiger charge is 2.75. The van der Waals surface area contributed by atoms with Crippen molar-refractivity contribution >= 4 is 40.8 Å². The van der Waals surface area contributed by atoms with Crippen molar-refractivity contribution in [3.05, 3.63) is 28.2 Å². The average Bonchev–Trinajstić information content (AvgIpc) is 2.73. The molecule has 1 amide bonds. The molecule has 6 heteroatoms. The molecule has 0 radical (unpaired) electrons. The molecule has 1 aromatic carbocycles. The summed E-state index contributed by atoms with van der Waals surface area (Å²) in [5.41, 5.74) is -1.80. The van der Waals surface area contributed by atoms with Crippen molar-refractivity contribution in [2.75, 3.05) is 5.32 Å². The summed E-state index contributed by atoms with van der Waals surface area (Å²) in [6, 6.07) is 4.86. The second kappa shape index (κ2) is 4.62. The maximum absolute atomic E-state index is 12.8. The number of fused-ring (bicyclic) bond motifs is 2. The Morgan fingerprint density at radius 2 is 1.86 bits per heavy atom. The van der Waals surface area contributed by atoms with E-state index in [0.717, 1.165) is 0 Å². The van der Waals surface area contributed by atoms with Gasteiger partial charge < -0.3 is 10.1 Å². The molecular formula is C16H17Cl2NO3. The Bertz CT molecular complexity index is 688. The van der Waals surface area contributed by atoms with Gasteiger partial charge in [0.2, 0.25) is 0 Å². The molecule has 1 aliphatic carbocycles. The van der Waals surface area contributed by atoms with Crippen molar-refractivity contribution in [1.29, 1.82) is 0 Å². The molecule has 1 saturated carbocycles. The van der Waals surface area contributed by atoms with E-state index >= 15 is 0 Å². The molecule has 0 unspecified atom stereocenters. The SMILES string of the molecule is CC1(C)[C@@]2(C(=O)Nc3ccc(Cl)c(Cl)c3)CC[C@]1(C)C(=O)O2. The van der Waals surface area contributed by atoms with Gasteiger partial charge in [0.15, 0.2) is 5.60 Å². The van der Waals surface area contributed by atoms with Crippen molar-refractivity contribution in [3.63, 3.8) is 0 Å². The van der Waals surface area contributed by atoms with Crippen LogP contribution in [0.2, 0.25) is 10.0 Å². The molecule has 0 aromatic heterocycles. The number of carbonyl (C=O) groups is 2. The lowest BCUT2D eigenvalue weighted by Gasteiger charge is -2.35. The number of rotatable bonds is 2. The minimum Gasteiger partial charge on any atom is -0.448 e. The molecule has 1 N–H and O–H groups in total. The van der Waals surface area contributed by atoms with Gasteiger partial charge in [-0.15, -0.1) is 0 Å². The van der Waals surface area contributed by atoms with Crippen LogP contribution in [0.4, 0.5) is 5.69 Å². The smallest absolute Gasteiger partial charge is 0.313 e. The molecule has 22 heavy (non-hydrogen) atoms. The molecule has 3 rings (SSSR count). The number of hydrogen-bond acceptors (Lipinski definition) is 3. The Kier molecular flexibility index (Phi) is 3.28. The Balaban J connectivity index is 1.92. The highest BCUT2D eigenvalue weighted by atomic mass is 35.5. The first kappa shape index (κ1) is 15.6. The van der Waals surface area contributed by atoms with Crippen LogP contribution in [-0.2, 0) is 14.3 Å². The van der Waals surface area contributed by atoms with Gasteiger partial charge in [-0.05, 0) is 38.0 Å². The van der Waals surface area contributed by atoms with Gasteiger partial charge in [-0.25, -0.2) is 0 Å². The molecule has 2 fully saturated rings. The molecule has 1 aliphatic heterocycles. The van der Waals surface area contributed by atoms with Gasteiger partial charge in [-0.2, -0.15) is 0 Å². The lowest BCUT2D eigenvalue weighted by molar-refractivity contribution is -0.165. The van der Waals surface area contributed by atoms with Gasteiger partial charge >= 0.3 is 5.97 Å². The van der Waals surface area contributed by atoms with Gasteiger partial charge in [-0.1, -0.05) is 37.0 Å². The third-order valence-corrected chi connectivity index (χ3v) is 6.37. The molecule has 1 aromatic rings. The lowest BCUT2D eigenvalue weighted by atomic mass is 9.66. The summed E-state index contributed by atoms with van der Waals surface area (Å²) < 4.78 is 5.54. The molecule has 118 valence electrons. The van der Waals surface area contributed by atoms with Crippen LogP contribution in [0.5, 0.6) is 0 Å². The van der Waals surface area contributed by atoms with E-state index in [-0.39, 0.29) is 11.9 Å². The number of anilines is 1. The van der Waals surface area contributed by atoms with Crippen LogP contribution in [0, 0.1) is 10.8 Å². The zero-order valence-electron chi connectivity index (χ0n) is 12.6. The van der Waals surface area contributed by atoms with E-state index in [0.29, 0.717) is 28.6 Å². The summed E-state index contributed by atoms with van der Waals surface area (Å²) in [7, 11) is 0. The summed E-state index contributed by atoms with van der Waals surface area (Å²) in [4.78, 5) is 25.0. The zero-order valence-corrected chi connectivity index (χ0v) is 14.1. The summed E-state index contributed by atoms with van der Waals surface area (Å²) in [5.74, 6) is -0.612. The van der Waals surface area contributed by atoms with Gasteiger partial charge in [0.05, 0.1) is 15.5 Å². The predicted molar refractivity (Wildman–Crippen MR) is 85.0 cm³/mol. The highest BCUT2D eigenvalue weighted by molar-refractivity contribution is 6.42. The minimum absolute atomic E-state index is 0.298. The van der Waals surface area contributed by atoms with Crippen LogP contribution >= 0.6 is 23.2 Å². The van der Waals surface area contributed by atoms with E-state index in [1.807, 2.05) is 20.8 Å². The van der Waals surface area contributed by atoms with Crippen molar-refractivity contribution in [2.45, 2.75) is 39.2 Å². The molecule has 4 nitrogen and oxygen atoms in total. The molecule has 2 bridgehead atoms. The van der Waals surface area contributed by atoms with Crippen molar-refractivity contribution in [1.82, 2.24) is 0 Å². The maximum atomic E-state index is 12.8. The largest absolute Gasteiger partial charge is 0.448 e. The summed E-state index contributed by atoms with van der Waals surface area (Å²) in [5, 5.41) is 3.58. The van der Waals surface area contributed by atoms with E-state index in [1.165, 1.54) is 0 Å². The second-order valence-electron chi connectivity index (χ2n) is 6.76. The van der Waals surface area contributed by atoms with E-state index in [9.17, 15) is 9.59 Å². The zero-order chi connectivity index (χ0) is 16.3. The van der Waals surface area contributed by atoms with Crippen molar-refractivity contribution < 1.29 is 14.3 Å². The topological polar surface area (TPSA) is 55.4 Å². The Hall–Kier alpha value is -1.26. The number of esters is 1. The highest BCUT2D eigenvalue weighted by Crippen LogP contribution is 2.65. The van der Waals surface area contributed by atoms with Gasteiger partial charge in [0.1, 0.15) is 0 Å². The monoisotopic (exact) mass is 341 g/mol. The number of amides is 1. The molecular weight excluding hydrogens is 325 g/mol.